The molecule has 2 aromatic carbocycles. The molecule has 4 heteroatoms. The van der Waals surface area contributed by atoms with Crippen molar-refractivity contribution in [2.24, 2.45) is 5.92 Å². The van der Waals surface area contributed by atoms with Gasteiger partial charge in [-0.2, -0.15) is 0 Å². The van der Waals surface area contributed by atoms with Crippen LogP contribution in [0.4, 0.5) is 5.69 Å². The molecule has 0 aliphatic heterocycles. The summed E-state index contributed by atoms with van der Waals surface area (Å²) in [4.78, 5) is 12.4. The second-order valence-corrected chi connectivity index (χ2v) is 7.02. The van der Waals surface area contributed by atoms with Crippen molar-refractivity contribution in [1.82, 2.24) is 0 Å². The lowest BCUT2D eigenvalue weighted by Crippen LogP contribution is -2.19. The highest BCUT2D eigenvalue weighted by molar-refractivity contribution is 6.35. The van der Waals surface area contributed by atoms with E-state index in [0.717, 1.165) is 12.0 Å². The smallest absolute Gasteiger partial charge is 0.231 e. The van der Waals surface area contributed by atoms with E-state index < -0.39 is 0 Å². The van der Waals surface area contributed by atoms with Crippen LogP contribution in [0.2, 0.25) is 10.0 Å². The van der Waals surface area contributed by atoms with Crippen LogP contribution in [0, 0.1) is 5.92 Å². The Hall–Kier alpha value is -1.51. The van der Waals surface area contributed by atoms with Crippen LogP contribution in [0.3, 0.4) is 0 Å². The van der Waals surface area contributed by atoms with Crippen molar-refractivity contribution in [3.05, 3.63) is 63.6 Å². The Bertz CT molecular complexity index is 680. The van der Waals surface area contributed by atoms with Crippen molar-refractivity contribution in [3.8, 4) is 0 Å². The Kier molecular flexibility index (Phi) is 6.09. The number of amides is 1. The monoisotopic (exact) mass is 349 g/mol. The summed E-state index contributed by atoms with van der Waals surface area (Å²) in [6.07, 6.45) is 1.04. The summed E-state index contributed by atoms with van der Waals surface area (Å²) in [5.74, 6) is 0.246. The molecule has 0 fully saturated rings. The molecule has 0 saturated carbocycles. The van der Waals surface area contributed by atoms with Crippen LogP contribution in [0.5, 0.6) is 0 Å². The molecule has 2 nitrogen and oxygen atoms in total. The predicted molar refractivity (Wildman–Crippen MR) is 98.5 cm³/mol. The van der Waals surface area contributed by atoms with Crippen molar-refractivity contribution < 1.29 is 4.79 Å². The van der Waals surface area contributed by atoms with Gasteiger partial charge in [-0.25, -0.2) is 0 Å². The van der Waals surface area contributed by atoms with Gasteiger partial charge in [0.05, 0.1) is 16.6 Å². The van der Waals surface area contributed by atoms with Crippen molar-refractivity contribution >= 4 is 34.8 Å². The molecule has 0 radical (unpaired) electrons. The normalized spacial score (nSPS) is 12.3. The quantitative estimate of drug-likeness (QED) is 0.711. The van der Waals surface area contributed by atoms with Gasteiger partial charge in [0.15, 0.2) is 0 Å². The van der Waals surface area contributed by atoms with Crippen molar-refractivity contribution in [3.63, 3.8) is 0 Å². The molecule has 2 aromatic rings. The number of hydrogen-bond acceptors (Lipinski definition) is 1. The number of anilines is 1. The minimum Gasteiger partial charge on any atom is -0.324 e. The van der Waals surface area contributed by atoms with Crippen molar-refractivity contribution in [1.29, 1.82) is 0 Å². The molecule has 0 heterocycles. The number of nitrogens with one attached hydrogen (secondary N) is 1. The minimum absolute atomic E-state index is 0.106. The van der Waals surface area contributed by atoms with Gasteiger partial charge in [-0.15, -0.1) is 0 Å². The Morgan fingerprint density at radius 3 is 2.30 bits per heavy atom. The van der Waals surface area contributed by atoms with Crippen LogP contribution in [0.15, 0.2) is 42.5 Å². The summed E-state index contributed by atoms with van der Waals surface area (Å²) in [5, 5.41) is 3.85. The van der Waals surface area contributed by atoms with Crippen LogP contribution >= 0.6 is 23.2 Å². The van der Waals surface area contributed by atoms with Crippen LogP contribution in [-0.2, 0) is 11.2 Å². The molecular formula is C19H21Cl2NO. The van der Waals surface area contributed by atoms with Crippen molar-refractivity contribution in [2.75, 3.05) is 5.32 Å². The lowest BCUT2D eigenvalue weighted by atomic mass is 9.96. The zero-order chi connectivity index (χ0) is 17.0. The number of halogens is 2. The summed E-state index contributed by atoms with van der Waals surface area (Å²) in [7, 11) is 0. The topological polar surface area (TPSA) is 29.1 Å². The van der Waals surface area contributed by atoms with Crippen LogP contribution in [0.25, 0.3) is 0 Å². The lowest BCUT2D eigenvalue weighted by Gasteiger charge is -2.14. The maximum atomic E-state index is 12.4. The molecule has 0 bridgehead atoms. The SMILES string of the molecule is CC(C)Cc1ccc([C@H](C)C(=O)Nc2cc(Cl)ccc2Cl)cc1. The second-order valence-electron chi connectivity index (χ2n) is 6.17. The molecular weight excluding hydrogens is 329 g/mol. The first-order valence-electron chi connectivity index (χ1n) is 7.71. The fourth-order valence-corrected chi connectivity index (χ4v) is 2.74. The van der Waals surface area contributed by atoms with E-state index in [1.165, 1.54) is 5.56 Å². The number of hydrogen-bond donors (Lipinski definition) is 1. The maximum absolute atomic E-state index is 12.4. The first kappa shape index (κ1) is 17.8. The summed E-state index contributed by atoms with van der Waals surface area (Å²) in [6, 6.07) is 13.2. The van der Waals surface area contributed by atoms with E-state index in [0.29, 0.717) is 21.7 Å². The maximum Gasteiger partial charge on any atom is 0.231 e. The molecule has 0 aliphatic carbocycles. The van der Waals surface area contributed by atoms with Crippen molar-refractivity contribution in [2.45, 2.75) is 33.1 Å². The Morgan fingerprint density at radius 2 is 1.70 bits per heavy atom. The van der Waals surface area contributed by atoms with Gasteiger partial charge in [0, 0.05) is 5.02 Å². The third kappa shape index (κ3) is 4.98. The zero-order valence-corrected chi connectivity index (χ0v) is 15.1. The zero-order valence-electron chi connectivity index (χ0n) is 13.6. The first-order valence-corrected chi connectivity index (χ1v) is 8.47. The highest BCUT2D eigenvalue weighted by Crippen LogP contribution is 2.27. The molecule has 1 N–H and O–H groups in total. The van der Waals surface area contributed by atoms with Gasteiger partial charge in [-0.1, -0.05) is 61.3 Å². The predicted octanol–water partition coefficient (Wildman–Crippen LogP) is 5.93. The molecule has 0 saturated heterocycles. The molecule has 0 unspecified atom stereocenters. The Labute approximate surface area is 147 Å². The third-order valence-electron chi connectivity index (χ3n) is 3.70. The van der Waals surface area contributed by atoms with E-state index >= 15 is 0 Å². The van der Waals surface area contributed by atoms with Crippen LogP contribution < -0.4 is 5.32 Å². The minimum atomic E-state index is -0.266. The highest BCUT2D eigenvalue weighted by Gasteiger charge is 2.16. The molecule has 0 spiro atoms. The summed E-state index contributed by atoms with van der Waals surface area (Å²) in [6.45, 7) is 6.27. The van der Waals surface area contributed by atoms with E-state index in [9.17, 15) is 4.79 Å². The molecule has 122 valence electrons. The third-order valence-corrected chi connectivity index (χ3v) is 4.27. The van der Waals surface area contributed by atoms with Gasteiger partial charge in [0.25, 0.3) is 0 Å². The van der Waals surface area contributed by atoms with Crippen LogP contribution in [0.1, 0.15) is 37.8 Å². The Balaban J connectivity index is 2.08. The number of carbonyl (C=O) groups excluding carboxylic acids is 1. The highest BCUT2D eigenvalue weighted by atomic mass is 35.5. The standard InChI is InChI=1S/C19H21Cl2NO/c1-12(2)10-14-4-6-15(7-5-14)13(3)19(23)22-18-11-16(20)8-9-17(18)21/h4-9,11-13H,10H2,1-3H3,(H,22,23)/t13-/m0/s1. The molecule has 2 rings (SSSR count). The van der Waals surface area contributed by atoms with Crippen LogP contribution in [-0.4, -0.2) is 5.91 Å². The average molecular weight is 350 g/mol. The van der Waals surface area contributed by atoms with Gasteiger partial charge in [0.1, 0.15) is 0 Å². The van der Waals surface area contributed by atoms with Gasteiger partial charge in [-0.05, 0) is 48.6 Å². The van der Waals surface area contributed by atoms with Gasteiger partial charge in [-0.3, -0.25) is 4.79 Å². The lowest BCUT2D eigenvalue weighted by molar-refractivity contribution is -0.117. The van der Waals surface area contributed by atoms with Gasteiger partial charge < -0.3 is 5.32 Å². The molecule has 1 amide bonds. The number of carbonyl (C=O) groups is 1. The molecule has 1 atom stereocenters. The van der Waals surface area contributed by atoms with E-state index in [2.05, 4.69) is 31.3 Å². The number of benzene rings is 2. The summed E-state index contributed by atoms with van der Waals surface area (Å²) < 4.78 is 0. The summed E-state index contributed by atoms with van der Waals surface area (Å²) in [5.41, 5.74) is 2.80. The molecule has 0 aromatic heterocycles. The number of rotatable bonds is 5. The van der Waals surface area contributed by atoms with E-state index in [1.807, 2.05) is 19.1 Å². The van der Waals surface area contributed by atoms with Gasteiger partial charge in [0.2, 0.25) is 5.91 Å². The second kappa shape index (κ2) is 7.85. The Morgan fingerprint density at radius 1 is 1.04 bits per heavy atom. The van der Waals surface area contributed by atoms with E-state index in [1.54, 1.807) is 18.2 Å². The van der Waals surface area contributed by atoms with E-state index in [4.69, 9.17) is 23.2 Å². The molecule has 0 aliphatic rings. The average Bonchev–Trinajstić information content (AvgIpc) is 2.50. The summed E-state index contributed by atoms with van der Waals surface area (Å²) >= 11 is 12.0. The fourth-order valence-electron chi connectivity index (χ4n) is 2.40. The molecule has 23 heavy (non-hydrogen) atoms. The first-order chi connectivity index (χ1) is 10.9. The largest absolute Gasteiger partial charge is 0.324 e. The van der Waals surface area contributed by atoms with E-state index in [-0.39, 0.29) is 11.8 Å². The van der Waals surface area contributed by atoms with Gasteiger partial charge >= 0.3 is 0 Å². The fraction of sp³-hybridized carbons (Fsp3) is 0.316.